The molecule has 1 fully saturated rings. The van der Waals surface area contributed by atoms with Crippen molar-refractivity contribution in [2.24, 2.45) is 4.99 Å². The Morgan fingerprint density at radius 2 is 1.97 bits per heavy atom. The van der Waals surface area contributed by atoms with Crippen LogP contribution in [0.4, 0.5) is 11.4 Å². The van der Waals surface area contributed by atoms with Gasteiger partial charge in [0, 0.05) is 30.5 Å². The number of benzene rings is 2. The molecular formula is C23H28N4O3. The molecule has 2 aromatic rings. The standard InChI is InChI=1S/C23H28N4O3/c1-15-9-10-21(16(2)12-15)26-23(24-14-20-8-5-11-30-20)27-22(29)18-6-4-7-19(13-18)25-17(3)28/h4,6-7,9-10,12-13,20H,5,8,11,14H2,1-3H3,(H,25,28)(H2,24,26,27,29). The third-order valence-electron chi connectivity index (χ3n) is 4.79. The fraction of sp³-hybridized carbons (Fsp3) is 0.348. The molecule has 0 aliphatic carbocycles. The highest BCUT2D eigenvalue weighted by Gasteiger charge is 2.16. The number of nitrogens with one attached hydrogen (secondary N) is 3. The van der Waals surface area contributed by atoms with Crippen molar-refractivity contribution in [2.45, 2.75) is 39.7 Å². The minimum atomic E-state index is -0.314. The van der Waals surface area contributed by atoms with E-state index in [0.717, 1.165) is 36.3 Å². The van der Waals surface area contributed by atoms with Crippen LogP contribution in [0.5, 0.6) is 0 Å². The van der Waals surface area contributed by atoms with E-state index in [1.54, 1.807) is 24.3 Å². The predicted octanol–water partition coefficient (Wildman–Crippen LogP) is 3.64. The number of guanidine groups is 1. The van der Waals surface area contributed by atoms with E-state index in [9.17, 15) is 9.59 Å². The molecule has 1 aliphatic heterocycles. The summed E-state index contributed by atoms with van der Waals surface area (Å²) in [6.45, 7) is 6.69. The first-order valence-corrected chi connectivity index (χ1v) is 10.1. The molecule has 1 unspecified atom stereocenters. The lowest BCUT2D eigenvalue weighted by atomic mass is 10.1. The summed E-state index contributed by atoms with van der Waals surface area (Å²) in [5.41, 5.74) is 4.08. The van der Waals surface area contributed by atoms with Gasteiger partial charge in [0.2, 0.25) is 11.9 Å². The van der Waals surface area contributed by atoms with Gasteiger partial charge in [0.05, 0.1) is 12.6 Å². The second kappa shape index (κ2) is 10.0. The third kappa shape index (κ3) is 6.15. The van der Waals surface area contributed by atoms with E-state index in [4.69, 9.17) is 4.74 Å². The van der Waals surface area contributed by atoms with Gasteiger partial charge in [-0.15, -0.1) is 0 Å². The maximum Gasteiger partial charge on any atom is 0.258 e. The van der Waals surface area contributed by atoms with Crippen molar-refractivity contribution in [3.05, 3.63) is 59.2 Å². The molecule has 3 N–H and O–H groups in total. The van der Waals surface area contributed by atoms with Crippen molar-refractivity contribution < 1.29 is 14.3 Å². The van der Waals surface area contributed by atoms with Gasteiger partial charge in [-0.25, -0.2) is 4.99 Å². The number of hydrogen-bond acceptors (Lipinski definition) is 4. The van der Waals surface area contributed by atoms with E-state index in [-0.39, 0.29) is 17.9 Å². The molecule has 2 amide bonds. The first-order valence-electron chi connectivity index (χ1n) is 10.1. The Morgan fingerprint density at radius 3 is 2.67 bits per heavy atom. The highest BCUT2D eigenvalue weighted by molar-refractivity contribution is 6.10. The molecule has 3 rings (SSSR count). The molecule has 0 saturated carbocycles. The molecular weight excluding hydrogens is 380 g/mol. The average molecular weight is 409 g/mol. The second-order valence-electron chi connectivity index (χ2n) is 7.48. The molecule has 0 aromatic heterocycles. The Kier molecular flexibility index (Phi) is 7.19. The number of aryl methyl sites for hydroxylation is 2. The molecule has 7 heteroatoms. The number of ether oxygens (including phenoxy) is 1. The fourth-order valence-electron chi connectivity index (χ4n) is 3.29. The SMILES string of the molecule is CC(=O)Nc1cccc(C(=O)NC(=NCC2CCCO2)Nc2ccc(C)cc2C)c1. The van der Waals surface area contributed by atoms with Crippen LogP contribution in [0, 0.1) is 13.8 Å². The molecule has 2 aromatic carbocycles. The van der Waals surface area contributed by atoms with Crippen LogP contribution in [0.15, 0.2) is 47.5 Å². The number of hydrogen-bond donors (Lipinski definition) is 3. The van der Waals surface area contributed by atoms with E-state index in [1.165, 1.54) is 6.92 Å². The summed E-state index contributed by atoms with van der Waals surface area (Å²) < 4.78 is 5.65. The molecule has 0 bridgehead atoms. The second-order valence-corrected chi connectivity index (χ2v) is 7.48. The highest BCUT2D eigenvalue weighted by Crippen LogP contribution is 2.17. The van der Waals surface area contributed by atoms with Gasteiger partial charge in [-0.2, -0.15) is 0 Å². The van der Waals surface area contributed by atoms with Gasteiger partial charge in [-0.3, -0.25) is 14.9 Å². The topological polar surface area (TPSA) is 91.8 Å². The zero-order valence-electron chi connectivity index (χ0n) is 17.6. The summed E-state index contributed by atoms with van der Waals surface area (Å²) >= 11 is 0. The molecule has 1 atom stereocenters. The van der Waals surface area contributed by atoms with Gasteiger partial charge in [-0.05, 0) is 56.5 Å². The van der Waals surface area contributed by atoms with Gasteiger partial charge in [0.25, 0.3) is 5.91 Å². The number of nitrogens with zero attached hydrogens (tertiary/aromatic N) is 1. The Bertz CT molecular complexity index is 949. The normalized spacial score (nSPS) is 16.2. The molecule has 158 valence electrons. The number of anilines is 2. The summed E-state index contributed by atoms with van der Waals surface area (Å²) in [5, 5.41) is 8.79. The summed E-state index contributed by atoms with van der Waals surface area (Å²) in [4.78, 5) is 28.7. The molecule has 30 heavy (non-hydrogen) atoms. The summed E-state index contributed by atoms with van der Waals surface area (Å²) in [6, 6.07) is 12.8. The lowest BCUT2D eigenvalue weighted by molar-refractivity contribution is -0.114. The average Bonchev–Trinajstić information content (AvgIpc) is 3.21. The Balaban J connectivity index is 1.77. The molecule has 0 spiro atoms. The smallest absolute Gasteiger partial charge is 0.258 e. The first-order chi connectivity index (χ1) is 14.4. The maximum atomic E-state index is 12.8. The zero-order chi connectivity index (χ0) is 21.5. The molecule has 1 aliphatic rings. The maximum absolute atomic E-state index is 12.8. The van der Waals surface area contributed by atoms with Crippen molar-refractivity contribution in [1.82, 2.24) is 5.32 Å². The van der Waals surface area contributed by atoms with Gasteiger partial charge >= 0.3 is 0 Å². The first kappa shape index (κ1) is 21.5. The van der Waals surface area contributed by atoms with Crippen molar-refractivity contribution in [1.29, 1.82) is 0 Å². The Labute approximate surface area is 176 Å². The summed E-state index contributed by atoms with van der Waals surface area (Å²) in [7, 11) is 0. The number of carbonyl (C=O) groups excluding carboxylic acids is 2. The van der Waals surface area contributed by atoms with Crippen LogP contribution < -0.4 is 16.0 Å². The molecule has 7 nitrogen and oxygen atoms in total. The van der Waals surface area contributed by atoms with E-state index in [0.29, 0.717) is 23.8 Å². The van der Waals surface area contributed by atoms with Crippen LogP contribution in [0.25, 0.3) is 0 Å². The minimum Gasteiger partial charge on any atom is -0.376 e. The minimum absolute atomic E-state index is 0.0703. The molecule has 1 heterocycles. The van der Waals surface area contributed by atoms with Crippen LogP contribution in [0.1, 0.15) is 41.3 Å². The number of amides is 2. The zero-order valence-corrected chi connectivity index (χ0v) is 17.6. The van der Waals surface area contributed by atoms with Crippen LogP contribution in [-0.4, -0.2) is 37.0 Å². The van der Waals surface area contributed by atoms with Gasteiger partial charge in [0.1, 0.15) is 0 Å². The van der Waals surface area contributed by atoms with Gasteiger partial charge in [0.15, 0.2) is 0 Å². The fourth-order valence-corrected chi connectivity index (χ4v) is 3.29. The Morgan fingerprint density at radius 1 is 1.13 bits per heavy atom. The van der Waals surface area contributed by atoms with E-state index >= 15 is 0 Å². The lowest BCUT2D eigenvalue weighted by Gasteiger charge is -2.15. The monoisotopic (exact) mass is 408 g/mol. The van der Waals surface area contributed by atoms with Crippen LogP contribution in [0.2, 0.25) is 0 Å². The largest absolute Gasteiger partial charge is 0.376 e. The van der Waals surface area contributed by atoms with Crippen LogP contribution >= 0.6 is 0 Å². The number of aliphatic imine (C=N–C) groups is 1. The molecule has 0 radical (unpaired) electrons. The van der Waals surface area contributed by atoms with Crippen LogP contribution in [0.3, 0.4) is 0 Å². The Hall–Kier alpha value is -3.19. The van der Waals surface area contributed by atoms with Crippen molar-refractivity contribution >= 4 is 29.1 Å². The van der Waals surface area contributed by atoms with Crippen molar-refractivity contribution in [3.63, 3.8) is 0 Å². The summed E-state index contributed by atoms with van der Waals surface area (Å²) in [5.74, 6) is -0.138. The third-order valence-corrected chi connectivity index (χ3v) is 4.79. The summed E-state index contributed by atoms with van der Waals surface area (Å²) in [6.07, 6.45) is 2.07. The van der Waals surface area contributed by atoms with E-state index in [1.807, 2.05) is 26.0 Å². The van der Waals surface area contributed by atoms with Crippen molar-refractivity contribution in [3.8, 4) is 0 Å². The lowest BCUT2D eigenvalue weighted by Crippen LogP contribution is -2.37. The van der Waals surface area contributed by atoms with Crippen LogP contribution in [-0.2, 0) is 9.53 Å². The van der Waals surface area contributed by atoms with E-state index in [2.05, 4.69) is 27.0 Å². The van der Waals surface area contributed by atoms with Gasteiger partial charge in [-0.1, -0.05) is 23.8 Å². The highest BCUT2D eigenvalue weighted by atomic mass is 16.5. The molecule has 1 saturated heterocycles. The van der Waals surface area contributed by atoms with Crippen molar-refractivity contribution in [2.75, 3.05) is 23.8 Å². The predicted molar refractivity (Wildman–Crippen MR) is 119 cm³/mol. The van der Waals surface area contributed by atoms with Gasteiger partial charge < -0.3 is 15.4 Å². The number of carbonyl (C=O) groups is 2. The van der Waals surface area contributed by atoms with E-state index < -0.39 is 0 Å². The quantitative estimate of drug-likeness (QED) is 0.520. The number of rotatable bonds is 5.